The van der Waals surface area contributed by atoms with Crippen LogP contribution in [0.25, 0.3) is 0 Å². The van der Waals surface area contributed by atoms with E-state index in [2.05, 4.69) is 21.2 Å². The molecule has 0 saturated heterocycles. The highest BCUT2D eigenvalue weighted by Gasteiger charge is 2.07. The van der Waals surface area contributed by atoms with Gasteiger partial charge in [-0.15, -0.1) is 11.3 Å². The molecule has 0 spiro atoms. The molecule has 0 atom stereocenters. The molecule has 0 aliphatic heterocycles. The van der Waals surface area contributed by atoms with Crippen LogP contribution in [0.2, 0.25) is 5.02 Å². The van der Waals surface area contributed by atoms with Crippen molar-refractivity contribution in [3.8, 4) is 0 Å². The number of anilines is 1. The van der Waals surface area contributed by atoms with Gasteiger partial charge in [-0.05, 0) is 46.3 Å². The van der Waals surface area contributed by atoms with E-state index in [4.69, 9.17) is 11.6 Å². The second kappa shape index (κ2) is 5.82. The Bertz CT molecular complexity index is 587. The summed E-state index contributed by atoms with van der Waals surface area (Å²) in [7, 11) is 0. The molecule has 1 heterocycles. The Morgan fingerprint density at radius 2 is 2.17 bits per heavy atom. The van der Waals surface area contributed by atoms with Gasteiger partial charge in [-0.2, -0.15) is 0 Å². The summed E-state index contributed by atoms with van der Waals surface area (Å²) in [5.74, 6) is -0.663. The molecular weight excluding hydrogens is 341 g/mol. The molecule has 0 fully saturated rings. The third-order valence-electron chi connectivity index (χ3n) is 2.17. The van der Waals surface area contributed by atoms with E-state index in [-0.39, 0.29) is 17.4 Å². The van der Waals surface area contributed by atoms with E-state index in [1.54, 1.807) is 0 Å². The maximum atomic E-state index is 12.9. The largest absolute Gasteiger partial charge is 0.326 e. The third kappa shape index (κ3) is 3.54. The van der Waals surface area contributed by atoms with Crippen LogP contribution in [-0.2, 0) is 11.2 Å². The van der Waals surface area contributed by atoms with Crippen LogP contribution in [0.5, 0.6) is 0 Å². The number of carbonyl (C=O) groups is 1. The van der Waals surface area contributed by atoms with Gasteiger partial charge in [0.2, 0.25) is 5.91 Å². The van der Waals surface area contributed by atoms with Crippen LogP contribution in [0, 0.1) is 5.82 Å². The van der Waals surface area contributed by atoms with Crippen molar-refractivity contribution in [1.82, 2.24) is 0 Å². The first-order chi connectivity index (χ1) is 8.54. The van der Waals surface area contributed by atoms with Crippen molar-refractivity contribution in [3.63, 3.8) is 0 Å². The Labute approximate surface area is 121 Å². The molecule has 0 radical (unpaired) electrons. The molecule has 0 aliphatic rings. The molecule has 94 valence electrons. The van der Waals surface area contributed by atoms with Crippen LogP contribution in [0.3, 0.4) is 0 Å². The Morgan fingerprint density at radius 3 is 2.78 bits per heavy atom. The van der Waals surface area contributed by atoms with E-state index in [0.717, 1.165) is 8.66 Å². The minimum Gasteiger partial charge on any atom is -0.326 e. The predicted molar refractivity (Wildman–Crippen MR) is 75.8 cm³/mol. The fourth-order valence-corrected chi connectivity index (χ4v) is 3.05. The molecule has 1 amide bonds. The van der Waals surface area contributed by atoms with Crippen LogP contribution in [-0.4, -0.2) is 5.91 Å². The van der Waals surface area contributed by atoms with Crippen LogP contribution in [0.4, 0.5) is 10.1 Å². The summed E-state index contributed by atoms with van der Waals surface area (Å²) in [6, 6.07) is 7.86. The number of rotatable bonds is 3. The molecule has 0 unspecified atom stereocenters. The number of hydrogen-bond acceptors (Lipinski definition) is 2. The smallest absolute Gasteiger partial charge is 0.229 e. The van der Waals surface area contributed by atoms with Crippen LogP contribution in [0.15, 0.2) is 34.1 Å². The highest BCUT2D eigenvalue weighted by atomic mass is 79.9. The topological polar surface area (TPSA) is 29.1 Å². The normalized spacial score (nSPS) is 10.4. The molecule has 2 aromatic rings. The van der Waals surface area contributed by atoms with Gasteiger partial charge >= 0.3 is 0 Å². The van der Waals surface area contributed by atoms with E-state index in [0.29, 0.717) is 5.69 Å². The van der Waals surface area contributed by atoms with Crippen molar-refractivity contribution in [2.45, 2.75) is 6.42 Å². The highest BCUT2D eigenvalue weighted by Crippen LogP contribution is 2.23. The SMILES string of the molecule is O=C(Cc1ccc(Br)s1)Nc1ccc(F)c(Cl)c1. The average Bonchev–Trinajstić information content (AvgIpc) is 2.69. The minimum absolute atomic E-state index is 0.00771. The number of benzene rings is 1. The van der Waals surface area contributed by atoms with Crippen molar-refractivity contribution in [3.05, 3.63) is 49.8 Å². The molecule has 18 heavy (non-hydrogen) atoms. The summed E-state index contributed by atoms with van der Waals surface area (Å²) in [5, 5.41) is 2.66. The molecule has 2 nitrogen and oxygen atoms in total. The molecule has 1 aromatic heterocycles. The highest BCUT2D eigenvalue weighted by molar-refractivity contribution is 9.11. The zero-order valence-corrected chi connectivity index (χ0v) is 12.2. The summed E-state index contributed by atoms with van der Waals surface area (Å²) < 4.78 is 13.9. The van der Waals surface area contributed by atoms with Gasteiger partial charge in [0.15, 0.2) is 0 Å². The maximum Gasteiger partial charge on any atom is 0.229 e. The number of thiophene rings is 1. The zero-order valence-electron chi connectivity index (χ0n) is 9.04. The molecule has 0 bridgehead atoms. The Balaban J connectivity index is 2.00. The summed E-state index contributed by atoms with van der Waals surface area (Å²) >= 11 is 10.5. The molecule has 2 rings (SSSR count). The van der Waals surface area contributed by atoms with Crippen molar-refractivity contribution in [2.75, 3.05) is 5.32 Å². The summed E-state index contributed by atoms with van der Waals surface area (Å²) in [6.07, 6.45) is 0.283. The van der Waals surface area contributed by atoms with E-state index < -0.39 is 5.82 Å². The maximum absolute atomic E-state index is 12.9. The quantitative estimate of drug-likeness (QED) is 0.870. The van der Waals surface area contributed by atoms with Gasteiger partial charge < -0.3 is 5.32 Å². The number of amides is 1. The molecule has 0 saturated carbocycles. The number of carbonyl (C=O) groups excluding carboxylic acids is 1. The van der Waals surface area contributed by atoms with Gasteiger partial charge in [-0.25, -0.2) is 4.39 Å². The van der Waals surface area contributed by atoms with Crippen molar-refractivity contribution in [1.29, 1.82) is 0 Å². The first kappa shape index (κ1) is 13.5. The fraction of sp³-hybridized carbons (Fsp3) is 0.0833. The van der Waals surface area contributed by atoms with Gasteiger partial charge in [0.25, 0.3) is 0 Å². The summed E-state index contributed by atoms with van der Waals surface area (Å²) in [6.45, 7) is 0. The zero-order chi connectivity index (χ0) is 13.1. The van der Waals surface area contributed by atoms with Gasteiger partial charge in [0, 0.05) is 10.6 Å². The monoisotopic (exact) mass is 347 g/mol. The van der Waals surface area contributed by atoms with Crippen molar-refractivity contribution >= 4 is 50.5 Å². The lowest BCUT2D eigenvalue weighted by molar-refractivity contribution is -0.115. The number of nitrogens with one attached hydrogen (secondary N) is 1. The first-order valence-electron chi connectivity index (χ1n) is 5.04. The minimum atomic E-state index is -0.503. The molecule has 6 heteroatoms. The predicted octanol–water partition coefficient (Wildman–Crippen LogP) is 4.48. The third-order valence-corrected chi connectivity index (χ3v) is 4.08. The van der Waals surface area contributed by atoms with E-state index in [1.807, 2.05) is 12.1 Å². The lowest BCUT2D eigenvalue weighted by Gasteiger charge is -2.05. The summed E-state index contributed by atoms with van der Waals surface area (Å²) in [5.41, 5.74) is 0.488. The van der Waals surface area contributed by atoms with Gasteiger partial charge in [0.05, 0.1) is 15.2 Å². The first-order valence-corrected chi connectivity index (χ1v) is 7.02. The van der Waals surface area contributed by atoms with Crippen molar-refractivity contribution < 1.29 is 9.18 Å². The Kier molecular flexibility index (Phi) is 4.37. The van der Waals surface area contributed by atoms with Crippen LogP contribution < -0.4 is 5.32 Å². The molecule has 0 aliphatic carbocycles. The molecule has 1 aromatic carbocycles. The van der Waals surface area contributed by atoms with Crippen molar-refractivity contribution in [2.24, 2.45) is 0 Å². The van der Waals surface area contributed by atoms with Gasteiger partial charge in [-0.1, -0.05) is 11.6 Å². The average molecular weight is 349 g/mol. The molecular formula is C12H8BrClFNOS. The Hall–Kier alpha value is -0.910. The van der Waals surface area contributed by atoms with E-state index in [9.17, 15) is 9.18 Å². The molecule has 1 N–H and O–H groups in total. The van der Waals surface area contributed by atoms with E-state index >= 15 is 0 Å². The van der Waals surface area contributed by atoms with Crippen LogP contribution in [0.1, 0.15) is 4.88 Å². The number of halogens is 3. The second-order valence-corrected chi connectivity index (χ2v) is 6.51. The van der Waals surface area contributed by atoms with Gasteiger partial charge in [0.1, 0.15) is 5.82 Å². The second-order valence-electron chi connectivity index (χ2n) is 3.56. The fourth-order valence-electron chi connectivity index (χ4n) is 1.38. The van der Waals surface area contributed by atoms with E-state index in [1.165, 1.54) is 29.5 Å². The number of hydrogen-bond donors (Lipinski definition) is 1. The lowest BCUT2D eigenvalue weighted by Crippen LogP contribution is -2.13. The summed E-state index contributed by atoms with van der Waals surface area (Å²) in [4.78, 5) is 12.7. The standard InChI is InChI=1S/C12H8BrClFNOS/c13-11-4-2-8(18-11)6-12(17)16-7-1-3-10(15)9(14)5-7/h1-5H,6H2,(H,16,17). The lowest BCUT2D eigenvalue weighted by atomic mass is 10.3. The van der Waals surface area contributed by atoms with Crippen LogP contribution >= 0.6 is 38.9 Å². The van der Waals surface area contributed by atoms with Gasteiger partial charge in [-0.3, -0.25) is 4.79 Å². The Morgan fingerprint density at radius 1 is 1.39 bits per heavy atom.